The molecule has 19 heavy (non-hydrogen) atoms. The fourth-order valence-corrected chi connectivity index (χ4v) is 3.02. The van der Waals surface area contributed by atoms with Crippen molar-refractivity contribution in [2.75, 3.05) is 12.8 Å². The molecule has 2 aromatic rings. The maximum absolute atomic E-state index is 11.8. The largest absolute Gasteiger partial charge is 0.465 e. The maximum Gasteiger partial charge on any atom is 0.339 e. The predicted octanol–water partition coefficient (Wildman–Crippen LogP) is 3.97. The molecule has 5 heteroatoms. The van der Waals surface area contributed by atoms with Crippen LogP contribution < -0.4 is 5.73 Å². The van der Waals surface area contributed by atoms with Crippen LogP contribution in [0.4, 0.5) is 5.69 Å². The van der Waals surface area contributed by atoms with Crippen molar-refractivity contribution in [2.45, 2.75) is 9.79 Å². The highest BCUT2D eigenvalue weighted by molar-refractivity contribution is 9.10. The molecule has 0 aromatic heterocycles. The highest BCUT2D eigenvalue weighted by Gasteiger charge is 2.14. The number of carbonyl (C=O) groups is 1. The monoisotopic (exact) mass is 337 g/mol. The molecule has 0 unspecified atom stereocenters. The van der Waals surface area contributed by atoms with Crippen molar-refractivity contribution in [1.82, 2.24) is 0 Å². The van der Waals surface area contributed by atoms with Gasteiger partial charge in [-0.1, -0.05) is 23.9 Å². The molecule has 0 aliphatic rings. The molecule has 0 bridgehead atoms. The summed E-state index contributed by atoms with van der Waals surface area (Å²) < 4.78 is 5.76. The first kappa shape index (κ1) is 14.0. The lowest BCUT2D eigenvalue weighted by Crippen LogP contribution is -2.04. The van der Waals surface area contributed by atoms with E-state index in [1.807, 2.05) is 30.3 Å². The molecule has 0 atom stereocenters. The highest BCUT2D eigenvalue weighted by Crippen LogP contribution is 2.36. The van der Waals surface area contributed by atoms with Crippen molar-refractivity contribution < 1.29 is 9.53 Å². The van der Waals surface area contributed by atoms with Crippen LogP contribution in [-0.4, -0.2) is 13.1 Å². The molecule has 0 heterocycles. The third-order valence-electron chi connectivity index (χ3n) is 2.47. The molecule has 0 amide bonds. The van der Waals surface area contributed by atoms with Crippen LogP contribution in [0.15, 0.2) is 56.7 Å². The van der Waals surface area contributed by atoms with E-state index in [1.165, 1.54) is 18.9 Å². The molecule has 98 valence electrons. The van der Waals surface area contributed by atoms with Crippen LogP contribution in [0.25, 0.3) is 0 Å². The Morgan fingerprint density at radius 2 is 1.95 bits per heavy atom. The first-order valence-corrected chi connectivity index (χ1v) is 7.13. The quantitative estimate of drug-likeness (QED) is 0.680. The minimum Gasteiger partial charge on any atom is -0.465 e. The second-order valence-corrected chi connectivity index (χ2v) is 5.72. The molecular formula is C14H12BrNO2S. The summed E-state index contributed by atoms with van der Waals surface area (Å²) in [4.78, 5) is 13.6. The first-order valence-electron chi connectivity index (χ1n) is 5.52. The van der Waals surface area contributed by atoms with E-state index in [2.05, 4.69) is 15.9 Å². The average molecular weight is 338 g/mol. The van der Waals surface area contributed by atoms with E-state index in [0.29, 0.717) is 11.3 Å². The van der Waals surface area contributed by atoms with Crippen molar-refractivity contribution >= 4 is 39.3 Å². The van der Waals surface area contributed by atoms with Gasteiger partial charge < -0.3 is 10.5 Å². The molecule has 0 spiro atoms. The number of halogens is 1. The zero-order chi connectivity index (χ0) is 13.8. The lowest BCUT2D eigenvalue weighted by Gasteiger charge is -2.09. The van der Waals surface area contributed by atoms with Crippen molar-refractivity contribution in [3.8, 4) is 0 Å². The van der Waals surface area contributed by atoms with E-state index in [9.17, 15) is 4.79 Å². The van der Waals surface area contributed by atoms with Crippen LogP contribution in [0.3, 0.4) is 0 Å². The zero-order valence-electron chi connectivity index (χ0n) is 10.2. The molecule has 0 radical (unpaired) electrons. The van der Waals surface area contributed by atoms with Gasteiger partial charge in [0, 0.05) is 20.0 Å². The molecule has 2 rings (SSSR count). The number of anilines is 1. The predicted molar refractivity (Wildman–Crippen MR) is 80.5 cm³/mol. The van der Waals surface area contributed by atoms with Gasteiger partial charge in [-0.05, 0) is 46.3 Å². The van der Waals surface area contributed by atoms with Gasteiger partial charge in [-0.15, -0.1) is 0 Å². The Bertz CT molecular complexity index is 616. The fourth-order valence-electron chi connectivity index (χ4n) is 1.55. The summed E-state index contributed by atoms with van der Waals surface area (Å²) >= 11 is 4.98. The third kappa shape index (κ3) is 3.30. The first-order chi connectivity index (χ1) is 9.11. The Hall–Kier alpha value is -1.46. The summed E-state index contributed by atoms with van der Waals surface area (Å²) in [6.45, 7) is 0. The summed E-state index contributed by atoms with van der Waals surface area (Å²) in [6.07, 6.45) is 0. The Kier molecular flexibility index (Phi) is 4.50. The van der Waals surface area contributed by atoms with Gasteiger partial charge >= 0.3 is 5.97 Å². The molecule has 0 saturated heterocycles. The van der Waals surface area contributed by atoms with Crippen molar-refractivity contribution in [1.29, 1.82) is 0 Å². The number of esters is 1. The van der Waals surface area contributed by atoms with E-state index in [4.69, 9.17) is 10.5 Å². The summed E-state index contributed by atoms with van der Waals surface area (Å²) in [7, 11) is 1.36. The summed E-state index contributed by atoms with van der Waals surface area (Å²) in [5, 5.41) is 0. The van der Waals surface area contributed by atoms with Crippen LogP contribution in [-0.2, 0) is 4.74 Å². The molecular weight excluding hydrogens is 326 g/mol. The molecule has 0 aliphatic heterocycles. The van der Waals surface area contributed by atoms with E-state index in [-0.39, 0.29) is 5.97 Å². The van der Waals surface area contributed by atoms with Crippen molar-refractivity contribution in [2.24, 2.45) is 0 Å². The Labute approximate surface area is 124 Å². The van der Waals surface area contributed by atoms with Crippen LogP contribution in [0, 0.1) is 0 Å². The van der Waals surface area contributed by atoms with Gasteiger partial charge in [0.15, 0.2) is 0 Å². The molecule has 0 saturated carbocycles. The topological polar surface area (TPSA) is 52.3 Å². The van der Waals surface area contributed by atoms with Gasteiger partial charge in [-0.25, -0.2) is 4.79 Å². The van der Waals surface area contributed by atoms with Crippen LogP contribution in [0.2, 0.25) is 0 Å². The van der Waals surface area contributed by atoms with E-state index in [1.54, 1.807) is 12.1 Å². The second kappa shape index (κ2) is 6.12. The number of methoxy groups -OCH3 is 1. The van der Waals surface area contributed by atoms with Crippen LogP contribution >= 0.6 is 27.7 Å². The normalized spacial score (nSPS) is 10.2. The Morgan fingerprint density at radius 3 is 2.63 bits per heavy atom. The van der Waals surface area contributed by atoms with Crippen LogP contribution in [0.5, 0.6) is 0 Å². The van der Waals surface area contributed by atoms with Crippen LogP contribution in [0.1, 0.15) is 10.4 Å². The van der Waals surface area contributed by atoms with Crippen molar-refractivity contribution in [3.63, 3.8) is 0 Å². The standard InChI is InChI=1S/C14H12BrNO2S/c1-18-14(17)10-8-9(16)6-7-12(10)19-13-5-3-2-4-11(13)15/h2-8H,16H2,1H3. The SMILES string of the molecule is COC(=O)c1cc(N)ccc1Sc1ccccc1Br. The van der Waals surface area contributed by atoms with E-state index >= 15 is 0 Å². The number of ether oxygens (including phenoxy) is 1. The molecule has 0 fully saturated rings. The van der Waals surface area contributed by atoms with Gasteiger partial charge in [0.1, 0.15) is 0 Å². The second-order valence-electron chi connectivity index (χ2n) is 3.78. The van der Waals surface area contributed by atoms with Gasteiger partial charge in [0.05, 0.1) is 12.7 Å². The summed E-state index contributed by atoms with van der Waals surface area (Å²) in [5.41, 5.74) is 6.73. The molecule has 2 aromatic carbocycles. The lowest BCUT2D eigenvalue weighted by atomic mass is 10.2. The Balaban J connectivity index is 2.40. The minimum absolute atomic E-state index is 0.387. The van der Waals surface area contributed by atoms with E-state index < -0.39 is 0 Å². The van der Waals surface area contributed by atoms with E-state index in [0.717, 1.165) is 14.3 Å². The van der Waals surface area contributed by atoms with Gasteiger partial charge in [-0.3, -0.25) is 0 Å². The Morgan fingerprint density at radius 1 is 1.21 bits per heavy atom. The third-order valence-corrected chi connectivity index (χ3v) is 4.57. The van der Waals surface area contributed by atoms with Gasteiger partial charge in [0.2, 0.25) is 0 Å². The molecule has 0 aliphatic carbocycles. The van der Waals surface area contributed by atoms with Gasteiger partial charge in [-0.2, -0.15) is 0 Å². The molecule has 2 N–H and O–H groups in total. The molecule has 3 nitrogen and oxygen atoms in total. The highest BCUT2D eigenvalue weighted by atomic mass is 79.9. The zero-order valence-corrected chi connectivity index (χ0v) is 12.6. The maximum atomic E-state index is 11.8. The fraction of sp³-hybridized carbons (Fsp3) is 0.0714. The lowest BCUT2D eigenvalue weighted by molar-refractivity contribution is 0.0597. The minimum atomic E-state index is -0.387. The average Bonchev–Trinajstić information content (AvgIpc) is 2.42. The smallest absolute Gasteiger partial charge is 0.339 e. The number of nitrogen functional groups attached to an aromatic ring is 1. The van der Waals surface area contributed by atoms with Crippen molar-refractivity contribution in [3.05, 3.63) is 52.5 Å². The summed E-state index contributed by atoms with van der Waals surface area (Å²) in [6, 6.07) is 13.0. The number of hydrogen-bond acceptors (Lipinski definition) is 4. The number of carbonyl (C=O) groups excluding carboxylic acids is 1. The number of nitrogens with two attached hydrogens (primary N) is 1. The summed E-state index contributed by atoms with van der Waals surface area (Å²) in [5.74, 6) is -0.387. The number of rotatable bonds is 3. The van der Waals surface area contributed by atoms with Gasteiger partial charge in [0.25, 0.3) is 0 Å². The number of benzene rings is 2. The number of hydrogen-bond donors (Lipinski definition) is 1.